The third-order valence-corrected chi connectivity index (χ3v) is 4.01. The maximum Gasteiger partial charge on any atom is 0.314 e. The Balaban J connectivity index is 2.42. The normalized spacial score (nSPS) is 17.6. The molecule has 2 nitrogen and oxygen atoms in total. The number of carbonyl (C=O) groups is 1. The summed E-state index contributed by atoms with van der Waals surface area (Å²) in [6.45, 7) is 5.46. The van der Waals surface area contributed by atoms with Crippen molar-refractivity contribution in [3.63, 3.8) is 0 Å². The Kier molecular flexibility index (Phi) is 3.55. The molecule has 96 valence electrons. The highest BCUT2D eigenvalue weighted by Crippen LogP contribution is 2.32. The fourth-order valence-corrected chi connectivity index (χ4v) is 2.69. The summed E-state index contributed by atoms with van der Waals surface area (Å²) in [5, 5.41) is 9.47. The highest BCUT2D eigenvalue weighted by Gasteiger charge is 2.34. The molecule has 0 bridgehead atoms. The van der Waals surface area contributed by atoms with Gasteiger partial charge in [0.2, 0.25) is 0 Å². The van der Waals surface area contributed by atoms with E-state index in [9.17, 15) is 9.90 Å². The summed E-state index contributed by atoms with van der Waals surface area (Å²) < 4.78 is 0. The third kappa shape index (κ3) is 2.20. The van der Waals surface area contributed by atoms with Crippen LogP contribution in [0.5, 0.6) is 0 Å². The molecule has 0 saturated heterocycles. The number of aryl methyl sites for hydroxylation is 2. The largest absolute Gasteiger partial charge is 0.481 e. The zero-order valence-electron chi connectivity index (χ0n) is 10.9. The number of carboxylic acid groups (broad SMARTS) is 1. The first-order chi connectivity index (χ1) is 8.58. The molecule has 1 aromatic carbocycles. The van der Waals surface area contributed by atoms with Crippen molar-refractivity contribution in [2.45, 2.75) is 44.4 Å². The zero-order valence-corrected chi connectivity index (χ0v) is 10.9. The van der Waals surface area contributed by atoms with E-state index in [4.69, 9.17) is 0 Å². The van der Waals surface area contributed by atoms with Crippen molar-refractivity contribution in [1.82, 2.24) is 0 Å². The predicted molar refractivity (Wildman–Crippen MR) is 72.9 cm³/mol. The van der Waals surface area contributed by atoms with Crippen molar-refractivity contribution in [2.24, 2.45) is 0 Å². The van der Waals surface area contributed by atoms with Crippen molar-refractivity contribution in [3.05, 3.63) is 47.5 Å². The fourth-order valence-electron chi connectivity index (χ4n) is 2.69. The van der Waals surface area contributed by atoms with E-state index in [1.54, 1.807) is 13.0 Å². The summed E-state index contributed by atoms with van der Waals surface area (Å²) in [7, 11) is 0. The molecule has 0 amide bonds. The molecule has 0 fully saturated rings. The minimum atomic E-state index is -0.853. The monoisotopic (exact) mass is 244 g/mol. The van der Waals surface area contributed by atoms with E-state index in [-0.39, 0.29) is 0 Å². The number of hydrogen-bond acceptors (Lipinski definition) is 1. The topological polar surface area (TPSA) is 37.3 Å². The number of carboxylic acids is 1. The maximum atomic E-state index is 11.5. The van der Waals surface area contributed by atoms with Gasteiger partial charge < -0.3 is 5.11 Å². The summed E-state index contributed by atoms with van der Waals surface area (Å²) in [4.78, 5) is 11.5. The Morgan fingerprint density at radius 3 is 2.67 bits per heavy atom. The van der Waals surface area contributed by atoms with Gasteiger partial charge in [0.15, 0.2) is 0 Å². The Morgan fingerprint density at radius 2 is 2.06 bits per heavy atom. The second-order valence-corrected chi connectivity index (χ2v) is 5.32. The lowest BCUT2D eigenvalue weighted by molar-refractivity contribution is -0.143. The molecular weight excluding hydrogens is 224 g/mol. The SMILES string of the molecule is C=CCC(C)(C(=O)O)c1ccc2c(c1)CCCC2. The van der Waals surface area contributed by atoms with Crippen LogP contribution in [-0.4, -0.2) is 11.1 Å². The molecule has 18 heavy (non-hydrogen) atoms. The van der Waals surface area contributed by atoms with Crippen LogP contribution in [0.25, 0.3) is 0 Å². The lowest BCUT2D eigenvalue weighted by Gasteiger charge is -2.26. The van der Waals surface area contributed by atoms with Gasteiger partial charge in [-0.05, 0) is 55.7 Å². The van der Waals surface area contributed by atoms with Gasteiger partial charge in [0, 0.05) is 0 Å². The average molecular weight is 244 g/mol. The van der Waals surface area contributed by atoms with Gasteiger partial charge in [0.1, 0.15) is 0 Å². The van der Waals surface area contributed by atoms with Crippen molar-refractivity contribution < 1.29 is 9.90 Å². The molecule has 0 aromatic heterocycles. The van der Waals surface area contributed by atoms with Gasteiger partial charge in [0.25, 0.3) is 0 Å². The Bertz CT molecular complexity index is 476. The van der Waals surface area contributed by atoms with Crippen molar-refractivity contribution in [3.8, 4) is 0 Å². The van der Waals surface area contributed by atoms with E-state index < -0.39 is 11.4 Å². The van der Waals surface area contributed by atoms with Gasteiger partial charge >= 0.3 is 5.97 Å². The van der Waals surface area contributed by atoms with Crippen LogP contribution in [0.2, 0.25) is 0 Å². The molecule has 1 N–H and O–H groups in total. The summed E-state index contributed by atoms with van der Waals surface area (Å²) in [5.41, 5.74) is 2.76. The first-order valence-corrected chi connectivity index (χ1v) is 6.54. The Morgan fingerprint density at radius 1 is 1.39 bits per heavy atom. The van der Waals surface area contributed by atoms with E-state index in [1.165, 1.54) is 24.0 Å². The standard InChI is InChI=1S/C16H20O2/c1-3-10-16(2,15(17)18)14-9-8-12-6-4-5-7-13(12)11-14/h3,8-9,11H,1,4-7,10H2,2H3,(H,17,18). The maximum absolute atomic E-state index is 11.5. The number of aliphatic carboxylic acids is 1. The Hall–Kier alpha value is -1.57. The summed E-state index contributed by atoms with van der Waals surface area (Å²) in [6, 6.07) is 6.17. The van der Waals surface area contributed by atoms with Crippen LogP contribution >= 0.6 is 0 Å². The van der Waals surface area contributed by atoms with Gasteiger partial charge in [-0.1, -0.05) is 24.3 Å². The first-order valence-electron chi connectivity index (χ1n) is 6.54. The van der Waals surface area contributed by atoms with Crippen LogP contribution in [0, 0.1) is 0 Å². The van der Waals surface area contributed by atoms with E-state index in [0.717, 1.165) is 18.4 Å². The van der Waals surface area contributed by atoms with Crippen molar-refractivity contribution in [2.75, 3.05) is 0 Å². The number of allylic oxidation sites excluding steroid dienone is 1. The fraction of sp³-hybridized carbons (Fsp3) is 0.438. The van der Waals surface area contributed by atoms with Crippen LogP contribution in [0.1, 0.15) is 42.9 Å². The van der Waals surface area contributed by atoms with E-state index >= 15 is 0 Å². The zero-order chi connectivity index (χ0) is 13.2. The van der Waals surface area contributed by atoms with Gasteiger partial charge in [-0.15, -0.1) is 6.58 Å². The summed E-state index contributed by atoms with van der Waals surface area (Å²) in [5.74, 6) is -0.779. The molecule has 1 aliphatic carbocycles. The van der Waals surface area contributed by atoms with Gasteiger partial charge in [-0.3, -0.25) is 4.79 Å². The molecule has 0 radical (unpaired) electrons. The van der Waals surface area contributed by atoms with E-state index in [0.29, 0.717) is 6.42 Å². The van der Waals surface area contributed by atoms with Gasteiger partial charge in [-0.2, -0.15) is 0 Å². The van der Waals surface area contributed by atoms with Crippen LogP contribution < -0.4 is 0 Å². The molecule has 1 atom stereocenters. The Labute approximate surface area is 108 Å². The van der Waals surface area contributed by atoms with Crippen LogP contribution in [0.15, 0.2) is 30.9 Å². The molecule has 0 spiro atoms. The second-order valence-electron chi connectivity index (χ2n) is 5.32. The first kappa shape index (κ1) is 12.9. The molecule has 0 saturated carbocycles. The molecule has 0 aliphatic heterocycles. The van der Waals surface area contributed by atoms with E-state index in [2.05, 4.69) is 18.7 Å². The molecular formula is C16H20O2. The number of fused-ring (bicyclic) bond motifs is 1. The highest BCUT2D eigenvalue weighted by molar-refractivity contribution is 5.81. The van der Waals surface area contributed by atoms with Crippen molar-refractivity contribution in [1.29, 1.82) is 0 Å². The average Bonchev–Trinajstić information content (AvgIpc) is 2.38. The quantitative estimate of drug-likeness (QED) is 0.823. The van der Waals surface area contributed by atoms with Crippen LogP contribution in [0.4, 0.5) is 0 Å². The van der Waals surface area contributed by atoms with Crippen LogP contribution in [0.3, 0.4) is 0 Å². The highest BCUT2D eigenvalue weighted by atomic mass is 16.4. The number of hydrogen-bond donors (Lipinski definition) is 1. The molecule has 2 heteroatoms. The third-order valence-electron chi connectivity index (χ3n) is 4.01. The summed E-state index contributed by atoms with van der Waals surface area (Å²) in [6.07, 6.45) is 6.80. The molecule has 1 aliphatic rings. The lowest BCUT2D eigenvalue weighted by atomic mass is 9.77. The second kappa shape index (κ2) is 4.97. The van der Waals surface area contributed by atoms with E-state index in [1.807, 2.05) is 6.07 Å². The molecule has 1 unspecified atom stereocenters. The molecule has 2 rings (SSSR count). The number of rotatable bonds is 4. The van der Waals surface area contributed by atoms with Gasteiger partial charge in [0.05, 0.1) is 5.41 Å². The van der Waals surface area contributed by atoms with Gasteiger partial charge in [-0.25, -0.2) is 0 Å². The minimum Gasteiger partial charge on any atom is -0.481 e. The predicted octanol–water partition coefficient (Wildman–Crippen LogP) is 3.48. The number of benzene rings is 1. The van der Waals surface area contributed by atoms with Crippen LogP contribution in [-0.2, 0) is 23.1 Å². The summed E-state index contributed by atoms with van der Waals surface area (Å²) >= 11 is 0. The lowest BCUT2D eigenvalue weighted by Crippen LogP contribution is -2.32. The smallest absolute Gasteiger partial charge is 0.314 e. The minimum absolute atomic E-state index is 0.459. The molecule has 1 aromatic rings. The van der Waals surface area contributed by atoms with Crippen molar-refractivity contribution >= 4 is 5.97 Å². The molecule has 0 heterocycles.